The Hall–Kier alpha value is -2.24. The number of hydrogen-bond acceptors (Lipinski definition) is 5. The van der Waals surface area contributed by atoms with Crippen LogP contribution in [0, 0.1) is 0 Å². The average molecular weight is 376 g/mol. The minimum Gasteiger partial charge on any atom is -0.494 e. The lowest BCUT2D eigenvalue weighted by molar-refractivity contribution is 0.0911. The van der Waals surface area contributed by atoms with Crippen LogP contribution < -0.4 is 14.2 Å². The van der Waals surface area contributed by atoms with Gasteiger partial charge in [-0.05, 0) is 31.2 Å². The van der Waals surface area contributed by atoms with Crippen molar-refractivity contribution < 1.29 is 14.2 Å². The molecule has 1 unspecified atom stereocenters. The third-order valence-electron chi connectivity index (χ3n) is 3.75. The molecule has 2 heterocycles. The third kappa shape index (κ3) is 3.72. The van der Waals surface area contributed by atoms with E-state index in [1.54, 1.807) is 11.3 Å². The molecule has 4 nitrogen and oxygen atoms in total. The fourth-order valence-corrected chi connectivity index (χ4v) is 3.46. The van der Waals surface area contributed by atoms with Crippen molar-refractivity contribution in [2.75, 3.05) is 13.2 Å². The van der Waals surface area contributed by atoms with E-state index in [0.29, 0.717) is 13.2 Å². The molecule has 2 aromatic carbocycles. The van der Waals surface area contributed by atoms with Crippen LogP contribution >= 0.6 is 23.7 Å². The number of benzene rings is 2. The van der Waals surface area contributed by atoms with Crippen LogP contribution in [-0.2, 0) is 0 Å². The topological polar surface area (TPSA) is 40.6 Å². The summed E-state index contributed by atoms with van der Waals surface area (Å²) in [5.74, 6) is 2.41. The zero-order chi connectivity index (χ0) is 16.4. The number of hydrogen-bond donors (Lipinski definition) is 0. The zero-order valence-electron chi connectivity index (χ0n) is 13.7. The quantitative estimate of drug-likeness (QED) is 0.632. The molecule has 6 heteroatoms. The van der Waals surface area contributed by atoms with E-state index in [2.05, 4.69) is 0 Å². The van der Waals surface area contributed by atoms with Crippen LogP contribution in [0.25, 0.3) is 11.3 Å². The molecule has 0 aliphatic carbocycles. The van der Waals surface area contributed by atoms with Crippen molar-refractivity contribution >= 4 is 23.7 Å². The highest BCUT2D eigenvalue weighted by atomic mass is 35.5. The molecular formula is C19H18ClNO3S. The van der Waals surface area contributed by atoms with Crippen molar-refractivity contribution in [2.45, 2.75) is 13.0 Å². The molecule has 25 heavy (non-hydrogen) atoms. The Morgan fingerprint density at radius 2 is 2.00 bits per heavy atom. The standard InChI is InChI=1S/C19H17NO3S.ClH/c1-2-21-14-7-5-6-13(10-14)15-12-24-19(20-15)18-11-22-16-8-3-4-9-17(16)23-18;/h3-10,12,18H,2,11H2,1H3;1H. The van der Waals surface area contributed by atoms with Crippen molar-refractivity contribution in [1.82, 2.24) is 4.98 Å². The molecule has 0 fully saturated rings. The SMILES string of the molecule is CCOc1cccc(-c2csc(C3COc4ccccc4O3)n2)c1.Cl. The van der Waals surface area contributed by atoms with E-state index in [-0.39, 0.29) is 18.5 Å². The lowest BCUT2D eigenvalue weighted by Gasteiger charge is -2.24. The predicted octanol–water partition coefficient (Wildman–Crippen LogP) is 5.14. The van der Waals surface area contributed by atoms with Crippen LogP contribution in [0.3, 0.4) is 0 Å². The Morgan fingerprint density at radius 3 is 2.84 bits per heavy atom. The minimum absolute atomic E-state index is 0. The van der Waals surface area contributed by atoms with Gasteiger partial charge in [0.15, 0.2) is 17.6 Å². The molecule has 1 aliphatic rings. The summed E-state index contributed by atoms with van der Waals surface area (Å²) < 4.78 is 17.4. The summed E-state index contributed by atoms with van der Waals surface area (Å²) in [5.41, 5.74) is 1.97. The van der Waals surface area contributed by atoms with Crippen molar-refractivity contribution in [3.8, 4) is 28.5 Å². The number of fused-ring (bicyclic) bond motifs is 1. The first-order chi connectivity index (χ1) is 11.8. The largest absolute Gasteiger partial charge is 0.494 e. The second kappa shape index (κ2) is 7.76. The first kappa shape index (κ1) is 17.6. The van der Waals surface area contributed by atoms with Crippen LogP contribution in [0.1, 0.15) is 18.0 Å². The van der Waals surface area contributed by atoms with Crippen molar-refractivity contribution in [2.24, 2.45) is 0 Å². The Balaban J connectivity index is 0.00000182. The highest BCUT2D eigenvalue weighted by Crippen LogP contribution is 2.37. The number of para-hydroxylation sites is 2. The Kier molecular flexibility index (Phi) is 5.46. The number of ether oxygens (including phenoxy) is 3. The minimum atomic E-state index is -0.172. The molecule has 0 saturated carbocycles. The molecule has 1 atom stereocenters. The first-order valence-corrected chi connectivity index (χ1v) is 8.78. The number of halogens is 1. The molecule has 0 spiro atoms. The van der Waals surface area contributed by atoms with E-state index in [4.69, 9.17) is 19.2 Å². The average Bonchev–Trinajstić information content (AvgIpc) is 3.12. The summed E-state index contributed by atoms with van der Waals surface area (Å²) in [6.45, 7) is 3.10. The molecule has 0 amide bonds. The van der Waals surface area contributed by atoms with Gasteiger partial charge in [0.2, 0.25) is 0 Å². The highest BCUT2D eigenvalue weighted by molar-refractivity contribution is 7.10. The van der Waals surface area contributed by atoms with Gasteiger partial charge in [0.05, 0.1) is 12.3 Å². The van der Waals surface area contributed by atoms with E-state index in [0.717, 1.165) is 33.5 Å². The highest BCUT2D eigenvalue weighted by Gasteiger charge is 2.25. The van der Waals surface area contributed by atoms with Gasteiger partial charge in [-0.1, -0.05) is 24.3 Å². The van der Waals surface area contributed by atoms with E-state index >= 15 is 0 Å². The summed E-state index contributed by atoms with van der Waals surface area (Å²) in [6, 6.07) is 15.7. The maximum absolute atomic E-state index is 6.03. The summed E-state index contributed by atoms with van der Waals surface area (Å²) in [5, 5.41) is 2.96. The van der Waals surface area contributed by atoms with Crippen molar-refractivity contribution in [3.63, 3.8) is 0 Å². The van der Waals surface area contributed by atoms with Gasteiger partial charge < -0.3 is 14.2 Å². The molecule has 130 valence electrons. The summed E-state index contributed by atoms with van der Waals surface area (Å²) >= 11 is 1.59. The normalized spacial score (nSPS) is 15.3. The molecule has 0 radical (unpaired) electrons. The van der Waals surface area contributed by atoms with Gasteiger partial charge in [0.25, 0.3) is 0 Å². The zero-order valence-corrected chi connectivity index (χ0v) is 15.3. The van der Waals surface area contributed by atoms with E-state index < -0.39 is 0 Å². The molecule has 4 rings (SSSR count). The second-order valence-electron chi connectivity index (χ2n) is 5.40. The fraction of sp³-hybridized carbons (Fsp3) is 0.211. The summed E-state index contributed by atoms with van der Waals surface area (Å²) in [6.07, 6.45) is -0.172. The third-order valence-corrected chi connectivity index (χ3v) is 4.68. The van der Waals surface area contributed by atoms with Crippen molar-refractivity contribution in [1.29, 1.82) is 0 Å². The summed E-state index contributed by atoms with van der Waals surface area (Å²) in [7, 11) is 0. The van der Waals surface area contributed by atoms with Gasteiger partial charge in [-0.25, -0.2) is 4.98 Å². The Morgan fingerprint density at radius 1 is 1.16 bits per heavy atom. The van der Waals surface area contributed by atoms with Crippen LogP contribution in [0.5, 0.6) is 17.2 Å². The van der Waals surface area contributed by atoms with E-state index in [9.17, 15) is 0 Å². The van der Waals surface area contributed by atoms with Crippen LogP contribution in [0.4, 0.5) is 0 Å². The maximum Gasteiger partial charge on any atom is 0.184 e. The molecule has 3 aromatic rings. The van der Waals surface area contributed by atoms with Gasteiger partial charge in [-0.2, -0.15) is 0 Å². The van der Waals surface area contributed by atoms with Gasteiger partial charge >= 0.3 is 0 Å². The lowest BCUT2D eigenvalue weighted by Crippen LogP contribution is -2.21. The first-order valence-electron chi connectivity index (χ1n) is 7.90. The lowest BCUT2D eigenvalue weighted by atomic mass is 10.1. The summed E-state index contributed by atoms with van der Waals surface area (Å²) in [4.78, 5) is 4.74. The molecule has 0 saturated heterocycles. The van der Waals surface area contributed by atoms with Crippen LogP contribution in [-0.4, -0.2) is 18.2 Å². The fourth-order valence-electron chi connectivity index (χ4n) is 2.62. The molecule has 1 aromatic heterocycles. The number of rotatable bonds is 4. The Bertz CT molecular complexity index is 852. The van der Waals surface area contributed by atoms with Crippen molar-refractivity contribution in [3.05, 3.63) is 58.9 Å². The molecule has 0 bridgehead atoms. The van der Waals surface area contributed by atoms with Gasteiger partial charge in [-0.3, -0.25) is 0 Å². The number of nitrogens with zero attached hydrogens (tertiary/aromatic N) is 1. The molecule has 0 N–H and O–H groups in total. The monoisotopic (exact) mass is 375 g/mol. The van der Waals surface area contributed by atoms with E-state index in [1.165, 1.54) is 0 Å². The van der Waals surface area contributed by atoms with Gasteiger partial charge in [0, 0.05) is 10.9 Å². The molecular weight excluding hydrogens is 358 g/mol. The number of aromatic nitrogens is 1. The van der Waals surface area contributed by atoms with Gasteiger partial charge in [0.1, 0.15) is 17.4 Å². The molecule has 1 aliphatic heterocycles. The Labute approximate surface area is 156 Å². The second-order valence-corrected chi connectivity index (χ2v) is 6.29. The maximum atomic E-state index is 6.03. The van der Waals surface area contributed by atoms with E-state index in [1.807, 2.05) is 60.8 Å². The van der Waals surface area contributed by atoms with Gasteiger partial charge in [-0.15, -0.1) is 23.7 Å². The predicted molar refractivity (Wildman–Crippen MR) is 101 cm³/mol. The van der Waals surface area contributed by atoms with Crippen LogP contribution in [0.2, 0.25) is 0 Å². The smallest absolute Gasteiger partial charge is 0.184 e. The van der Waals surface area contributed by atoms with Crippen LogP contribution in [0.15, 0.2) is 53.9 Å². The number of thiazole rings is 1.